The SMILES string of the molecule is Cc1cccc(C(=O)NC(CO)(CO)CO)c1F. The molecule has 0 aliphatic rings. The molecule has 0 aromatic heterocycles. The predicted molar refractivity (Wildman–Crippen MR) is 62.6 cm³/mol. The van der Waals surface area contributed by atoms with Gasteiger partial charge in [-0.3, -0.25) is 4.79 Å². The zero-order chi connectivity index (χ0) is 13.8. The molecule has 5 nitrogen and oxygen atoms in total. The Labute approximate surface area is 104 Å². The van der Waals surface area contributed by atoms with Crippen molar-refractivity contribution < 1.29 is 24.5 Å². The van der Waals surface area contributed by atoms with Crippen LogP contribution in [-0.4, -0.2) is 46.6 Å². The molecule has 0 unspecified atom stereocenters. The molecule has 1 amide bonds. The normalized spacial score (nSPS) is 11.4. The number of benzene rings is 1. The molecule has 0 saturated carbocycles. The molecule has 0 saturated heterocycles. The molecule has 1 rings (SSSR count). The molecule has 0 fully saturated rings. The van der Waals surface area contributed by atoms with E-state index < -0.39 is 37.1 Å². The van der Waals surface area contributed by atoms with E-state index in [9.17, 15) is 9.18 Å². The van der Waals surface area contributed by atoms with E-state index in [0.717, 1.165) is 0 Å². The standard InChI is InChI=1S/C12H16FNO4/c1-8-3-2-4-9(10(8)13)11(18)14-12(5-15,6-16)7-17/h2-4,15-17H,5-7H2,1H3,(H,14,18). The zero-order valence-electron chi connectivity index (χ0n) is 9.98. The van der Waals surface area contributed by atoms with Crippen molar-refractivity contribution in [1.82, 2.24) is 5.32 Å². The highest BCUT2D eigenvalue weighted by atomic mass is 19.1. The van der Waals surface area contributed by atoms with Crippen molar-refractivity contribution in [2.75, 3.05) is 19.8 Å². The second-order valence-electron chi connectivity index (χ2n) is 4.15. The first-order chi connectivity index (χ1) is 8.49. The number of aryl methyl sites for hydroxylation is 1. The van der Waals surface area contributed by atoms with Crippen LogP contribution >= 0.6 is 0 Å². The summed E-state index contributed by atoms with van der Waals surface area (Å²) >= 11 is 0. The number of hydrogen-bond acceptors (Lipinski definition) is 4. The third-order valence-corrected chi connectivity index (χ3v) is 2.72. The van der Waals surface area contributed by atoms with Gasteiger partial charge in [0, 0.05) is 0 Å². The van der Waals surface area contributed by atoms with Crippen LogP contribution in [0.25, 0.3) is 0 Å². The summed E-state index contributed by atoms with van der Waals surface area (Å²) in [4.78, 5) is 11.8. The molecule has 0 radical (unpaired) electrons. The second kappa shape index (κ2) is 5.90. The van der Waals surface area contributed by atoms with E-state index in [-0.39, 0.29) is 5.56 Å². The van der Waals surface area contributed by atoms with Gasteiger partial charge in [0.2, 0.25) is 0 Å². The van der Waals surface area contributed by atoms with Crippen LogP contribution in [0.3, 0.4) is 0 Å². The van der Waals surface area contributed by atoms with Gasteiger partial charge in [-0.25, -0.2) is 4.39 Å². The van der Waals surface area contributed by atoms with E-state index >= 15 is 0 Å². The van der Waals surface area contributed by atoms with Crippen molar-refractivity contribution in [1.29, 1.82) is 0 Å². The average Bonchev–Trinajstić information content (AvgIpc) is 2.39. The van der Waals surface area contributed by atoms with Crippen LogP contribution in [0.15, 0.2) is 18.2 Å². The van der Waals surface area contributed by atoms with Gasteiger partial charge in [0.15, 0.2) is 0 Å². The number of aliphatic hydroxyl groups excluding tert-OH is 3. The second-order valence-corrected chi connectivity index (χ2v) is 4.15. The summed E-state index contributed by atoms with van der Waals surface area (Å²) in [5.41, 5.74) is -1.45. The highest BCUT2D eigenvalue weighted by Crippen LogP contribution is 2.13. The minimum Gasteiger partial charge on any atom is -0.394 e. The predicted octanol–water partition coefficient (Wildman–Crippen LogP) is -0.420. The van der Waals surface area contributed by atoms with E-state index in [1.165, 1.54) is 25.1 Å². The summed E-state index contributed by atoms with van der Waals surface area (Å²) < 4.78 is 13.7. The minimum atomic E-state index is -1.56. The van der Waals surface area contributed by atoms with Crippen LogP contribution in [0, 0.1) is 12.7 Å². The lowest BCUT2D eigenvalue weighted by molar-refractivity contribution is 0.0373. The first-order valence-electron chi connectivity index (χ1n) is 5.40. The largest absolute Gasteiger partial charge is 0.394 e. The molecule has 0 aliphatic heterocycles. The summed E-state index contributed by atoms with van der Waals surface area (Å²) in [7, 11) is 0. The van der Waals surface area contributed by atoms with Crippen LogP contribution in [0.5, 0.6) is 0 Å². The highest BCUT2D eigenvalue weighted by molar-refractivity contribution is 5.95. The fourth-order valence-electron chi connectivity index (χ4n) is 1.40. The van der Waals surface area contributed by atoms with Crippen molar-refractivity contribution >= 4 is 5.91 Å². The molecule has 18 heavy (non-hydrogen) atoms. The van der Waals surface area contributed by atoms with Gasteiger partial charge in [-0.15, -0.1) is 0 Å². The van der Waals surface area contributed by atoms with Crippen LogP contribution in [-0.2, 0) is 0 Å². The molecule has 4 N–H and O–H groups in total. The van der Waals surface area contributed by atoms with Crippen LogP contribution in [0.1, 0.15) is 15.9 Å². The number of amides is 1. The molecule has 0 atom stereocenters. The van der Waals surface area contributed by atoms with Gasteiger partial charge in [-0.05, 0) is 18.6 Å². The van der Waals surface area contributed by atoms with Crippen LogP contribution < -0.4 is 5.32 Å². The van der Waals surface area contributed by atoms with Gasteiger partial charge in [0.1, 0.15) is 11.4 Å². The maximum Gasteiger partial charge on any atom is 0.254 e. The lowest BCUT2D eigenvalue weighted by Gasteiger charge is -2.28. The molecule has 1 aromatic rings. The number of carbonyl (C=O) groups excluding carboxylic acids is 1. The number of carbonyl (C=O) groups is 1. The number of hydrogen-bond donors (Lipinski definition) is 4. The Morgan fingerprint density at radius 1 is 1.28 bits per heavy atom. The quantitative estimate of drug-likeness (QED) is 0.577. The van der Waals surface area contributed by atoms with Gasteiger partial charge >= 0.3 is 0 Å². The first kappa shape index (κ1) is 14.6. The summed E-state index contributed by atoms with van der Waals surface area (Å²) in [5, 5.41) is 29.4. The molecule has 0 bridgehead atoms. The molecule has 100 valence electrons. The molecule has 0 aliphatic carbocycles. The summed E-state index contributed by atoms with van der Waals surface area (Å²) in [6, 6.07) is 4.32. The third kappa shape index (κ3) is 2.84. The lowest BCUT2D eigenvalue weighted by atomic mass is 10.0. The van der Waals surface area contributed by atoms with E-state index in [2.05, 4.69) is 5.32 Å². The number of halogens is 1. The fraction of sp³-hybridized carbons (Fsp3) is 0.417. The Balaban J connectivity index is 2.98. The van der Waals surface area contributed by atoms with Crippen molar-refractivity contribution in [3.05, 3.63) is 35.1 Å². The Hall–Kier alpha value is -1.50. The molecule has 0 spiro atoms. The average molecular weight is 257 g/mol. The molecular formula is C12H16FNO4. The Morgan fingerprint density at radius 2 is 1.83 bits per heavy atom. The van der Waals surface area contributed by atoms with E-state index in [1.807, 2.05) is 0 Å². The topological polar surface area (TPSA) is 89.8 Å². The van der Waals surface area contributed by atoms with E-state index in [4.69, 9.17) is 15.3 Å². The number of rotatable bonds is 5. The lowest BCUT2D eigenvalue weighted by Crippen LogP contribution is -2.57. The maximum atomic E-state index is 13.7. The van der Waals surface area contributed by atoms with Crippen molar-refractivity contribution in [3.63, 3.8) is 0 Å². The Morgan fingerprint density at radius 3 is 2.33 bits per heavy atom. The Bertz CT molecular complexity index is 424. The smallest absolute Gasteiger partial charge is 0.254 e. The first-order valence-corrected chi connectivity index (χ1v) is 5.40. The summed E-state index contributed by atoms with van der Waals surface area (Å²) in [6.45, 7) is -0.443. The molecule has 1 aromatic carbocycles. The zero-order valence-corrected chi connectivity index (χ0v) is 9.98. The monoisotopic (exact) mass is 257 g/mol. The van der Waals surface area contributed by atoms with Crippen molar-refractivity contribution in [3.8, 4) is 0 Å². The minimum absolute atomic E-state index is 0.199. The third-order valence-electron chi connectivity index (χ3n) is 2.72. The number of aliphatic hydroxyl groups is 3. The van der Waals surface area contributed by atoms with Gasteiger partial charge in [-0.1, -0.05) is 12.1 Å². The van der Waals surface area contributed by atoms with Crippen LogP contribution in [0.4, 0.5) is 4.39 Å². The highest BCUT2D eigenvalue weighted by Gasteiger charge is 2.31. The molecule has 6 heteroatoms. The van der Waals surface area contributed by atoms with Gasteiger partial charge in [0.25, 0.3) is 5.91 Å². The van der Waals surface area contributed by atoms with Gasteiger partial charge < -0.3 is 20.6 Å². The van der Waals surface area contributed by atoms with Crippen molar-refractivity contribution in [2.45, 2.75) is 12.5 Å². The van der Waals surface area contributed by atoms with Gasteiger partial charge in [0.05, 0.1) is 25.4 Å². The van der Waals surface area contributed by atoms with Gasteiger partial charge in [-0.2, -0.15) is 0 Å². The van der Waals surface area contributed by atoms with E-state index in [1.54, 1.807) is 0 Å². The Kier molecular flexibility index (Phi) is 4.77. The fourth-order valence-corrected chi connectivity index (χ4v) is 1.40. The summed E-state index contributed by atoms with van der Waals surface area (Å²) in [6.07, 6.45) is 0. The molecule has 0 heterocycles. The maximum absolute atomic E-state index is 13.7. The number of nitrogens with one attached hydrogen (secondary N) is 1. The van der Waals surface area contributed by atoms with Crippen molar-refractivity contribution in [2.24, 2.45) is 0 Å². The van der Waals surface area contributed by atoms with Crippen LogP contribution in [0.2, 0.25) is 0 Å². The summed E-state index contributed by atoms with van der Waals surface area (Å²) in [5.74, 6) is -1.47. The molecular weight excluding hydrogens is 241 g/mol. The van der Waals surface area contributed by atoms with E-state index in [0.29, 0.717) is 5.56 Å².